The first-order chi connectivity index (χ1) is 17.6. The van der Waals surface area contributed by atoms with Crippen molar-refractivity contribution in [3.05, 3.63) is 71.9 Å². The van der Waals surface area contributed by atoms with Gasteiger partial charge in [0.15, 0.2) is 0 Å². The lowest BCUT2D eigenvalue weighted by molar-refractivity contribution is 0.0268. The number of pyridine rings is 1. The Morgan fingerprint density at radius 2 is 1.72 bits per heavy atom. The quantitative estimate of drug-likeness (QED) is 0.443. The summed E-state index contributed by atoms with van der Waals surface area (Å²) in [6.45, 7) is 1.43. The van der Waals surface area contributed by atoms with Gasteiger partial charge in [-0.3, -0.25) is 14.6 Å². The van der Waals surface area contributed by atoms with Gasteiger partial charge in [-0.05, 0) is 68.5 Å². The maximum Gasteiger partial charge on any atom is 0.257 e. The minimum Gasteiger partial charge on any atom is -0.487 e. The van der Waals surface area contributed by atoms with Gasteiger partial charge in [0, 0.05) is 37.3 Å². The van der Waals surface area contributed by atoms with E-state index < -0.39 is 0 Å². The number of nitrogens with zero attached hydrogens (tertiary/aromatic N) is 3. The molecule has 188 valence electrons. The largest absolute Gasteiger partial charge is 0.487 e. The summed E-state index contributed by atoms with van der Waals surface area (Å²) in [5, 5.41) is 0.971. The van der Waals surface area contributed by atoms with E-state index in [1.807, 2.05) is 61.6 Å². The first kappa shape index (κ1) is 24.3. The summed E-state index contributed by atoms with van der Waals surface area (Å²) in [6.07, 6.45) is 9.48. The van der Waals surface area contributed by atoms with E-state index in [4.69, 9.17) is 4.74 Å². The highest BCUT2D eigenvalue weighted by molar-refractivity contribution is 5.98. The number of aromatic nitrogens is 1. The molecule has 0 saturated heterocycles. The van der Waals surface area contributed by atoms with Gasteiger partial charge in [-0.1, -0.05) is 37.5 Å². The maximum atomic E-state index is 14.0. The minimum absolute atomic E-state index is 0.00674. The molecular formula is C30H35N3O3. The van der Waals surface area contributed by atoms with Crippen molar-refractivity contribution < 1.29 is 14.3 Å². The Bertz CT molecular complexity index is 1230. The predicted octanol–water partition coefficient (Wildman–Crippen LogP) is 5.71. The van der Waals surface area contributed by atoms with E-state index in [2.05, 4.69) is 9.88 Å². The Kier molecular flexibility index (Phi) is 7.49. The van der Waals surface area contributed by atoms with Crippen molar-refractivity contribution in [1.82, 2.24) is 14.8 Å². The SMILES string of the molecule is CN1CCCCCCN(C(=O)c2ccc3ncccc3c2)[C@@H]2CCCC[C@@H]2Oc2ccccc2C1=O. The molecule has 0 radical (unpaired) electrons. The van der Waals surface area contributed by atoms with Gasteiger partial charge in [0.25, 0.3) is 11.8 Å². The fraction of sp³-hybridized carbons (Fsp3) is 0.433. The van der Waals surface area contributed by atoms with Crippen LogP contribution < -0.4 is 4.74 Å². The van der Waals surface area contributed by atoms with Crippen LogP contribution in [0.3, 0.4) is 0 Å². The van der Waals surface area contributed by atoms with Gasteiger partial charge in [0.2, 0.25) is 0 Å². The molecule has 2 aromatic carbocycles. The summed E-state index contributed by atoms with van der Waals surface area (Å²) in [5.41, 5.74) is 2.18. The van der Waals surface area contributed by atoms with Crippen molar-refractivity contribution in [3.8, 4) is 5.75 Å². The molecule has 1 fully saturated rings. The zero-order valence-electron chi connectivity index (χ0n) is 21.1. The molecule has 1 saturated carbocycles. The number of amides is 2. The van der Waals surface area contributed by atoms with Crippen molar-refractivity contribution in [2.45, 2.75) is 63.5 Å². The van der Waals surface area contributed by atoms with E-state index in [1.54, 1.807) is 11.1 Å². The van der Waals surface area contributed by atoms with Crippen molar-refractivity contribution >= 4 is 22.7 Å². The molecule has 36 heavy (non-hydrogen) atoms. The number of hydrogen-bond donors (Lipinski definition) is 0. The van der Waals surface area contributed by atoms with Gasteiger partial charge >= 0.3 is 0 Å². The molecule has 6 heteroatoms. The van der Waals surface area contributed by atoms with Crippen molar-refractivity contribution in [3.63, 3.8) is 0 Å². The van der Waals surface area contributed by atoms with Gasteiger partial charge in [-0.25, -0.2) is 0 Å². The minimum atomic E-state index is -0.146. The fourth-order valence-corrected chi connectivity index (χ4v) is 5.56. The Balaban J connectivity index is 1.49. The maximum absolute atomic E-state index is 14.0. The van der Waals surface area contributed by atoms with E-state index >= 15 is 0 Å². The number of benzene rings is 2. The Labute approximate surface area is 213 Å². The van der Waals surface area contributed by atoms with Crippen LogP contribution in [0.2, 0.25) is 0 Å². The lowest BCUT2D eigenvalue weighted by Crippen LogP contribution is -2.51. The first-order valence-electron chi connectivity index (χ1n) is 13.3. The molecule has 0 N–H and O–H groups in total. The molecule has 2 amide bonds. The molecule has 1 aliphatic heterocycles. The van der Waals surface area contributed by atoms with Gasteiger partial charge in [-0.2, -0.15) is 0 Å². The molecule has 1 aliphatic carbocycles. The average molecular weight is 486 g/mol. The first-order valence-corrected chi connectivity index (χ1v) is 13.3. The normalized spacial score (nSPS) is 21.8. The van der Waals surface area contributed by atoms with Gasteiger partial charge in [-0.15, -0.1) is 0 Å². The summed E-state index contributed by atoms with van der Waals surface area (Å²) in [5.74, 6) is 0.664. The third-order valence-corrected chi connectivity index (χ3v) is 7.56. The lowest BCUT2D eigenvalue weighted by Gasteiger charge is -2.40. The smallest absolute Gasteiger partial charge is 0.257 e. The summed E-state index contributed by atoms with van der Waals surface area (Å²) >= 11 is 0. The zero-order valence-corrected chi connectivity index (χ0v) is 21.1. The summed E-state index contributed by atoms with van der Waals surface area (Å²) in [4.78, 5) is 35.4. The second kappa shape index (κ2) is 11.1. The topological polar surface area (TPSA) is 62.7 Å². The van der Waals surface area contributed by atoms with Crippen molar-refractivity contribution in [1.29, 1.82) is 0 Å². The Morgan fingerprint density at radius 3 is 2.61 bits per heavy atom. The van der Waals surface area contributed by atoms with Crippen LogP contribution in [0.4, 0.5) is 0 Å². The molecule has 2 heterocycles. The Hall–Kier alpha value is -3.41. The summed E-state index contributed by atoms with van der Waals surface area (Å²) in [7, 11) is 1.87. The number of fused-ring (bicyclic) bond motifs is 3. The molecule has 2 atom stereocenters. The zero-order chi connectivity index (χ0) is 24.9. The van der Waals surface area contributed by atoms with E-state index in [9.17, 15) is 9.59 Å². The van der Waals surface area contributed by atoms with E-state index in [-0.39, 0.29) is 24.0 Å². The number of rotatable bonds is 1. The van der Waals surface area contributed by atoms with E-state index in [0.29, 0.717) is 30.0 Å². The molecule has 0 spiro atoms. The molecule has 0 bridgehead atoms. The number of carbonyl (C=O) groups is 2. The van der Waals surface area contributed by atoms with Gasteiger partial charge in [0.05, 0.1) is 17.1 Å². The van der Waals surface area contributed by atoms with Crippen LogP contribution in [-0.2, 0) is 0 Å². The third kappa shape index (κ3) is 5.23. The third-order valence-electron chi connectivity index (χ3n) is 7.56. The van der Waals surface area contributed by atoms with Crippen molar-refractivity contribution in [2.24, 2.45) is 0 Å². The average Bonchev–Trinajstić information content (AvgIpc) is 2.92. The summed E-state index contributed by atoms with van der Waals surface area (Å²) < 4.78 is 6.60. The van der Waals surface area contributed by atoms with Crippen LogP contribution >= 0.6 is 0 Å². The second-order valence-electron chi connectivity index (χ2n) is 10.1. The molecule has 6 nitrogen and oxygen atoms in total. The highest BCUT2D eigenvalue weighted by Crippen LogP contribution is 2.31. The monoisotopic (exact) mass is 485 g/mol. The molecule has 1 aromatic heterocycles. The highest BCUT2D eigenvalue weighted by atomic mass is 16.5. The fourth-order valence-electron chi connectivity index (χ4n) is 5.56. The van der Waals surface area contributed by atoms with E-state index in [0.717, 1.165) is 62.3 Å². The number of para-hydroxylation sites is 1. The van der Waals surface area contributed by atoms with Crippen LogP contribution in [0.5, 0.6) is 5.75 Å². The lowest BCUT2D eigenvalue weighted by atomic mass is 9.90. The van der Waals surface area contributed by atoms with Crippen LogP contribution in [0.1, 0.15) is 72.1 Å². The van der Waals surface area contributed by atoms with Crippen LogP contribution in [0.15, 0.2) is 60.8 Å². The van der Waals surface area contributed by atoms with Crippen molar-refractivity contribution in [2.75, 3.05) is 20.1 Å². The number of carbonyl (C=O) groups excluding carboxylic acids is 2. The predicted molar refractivity (Wildman–Crippen MR) is 141 cm³/mol. The van der Waals surface area contributed by atoms with E-state index in [1.165, 1.54) is 0 Å². The standard InChI is InChI=1S/C30H35N3O3/c1-32-19-8-2-3-9-20-33(29(34)23-16-17-25-22(21-23)11-10-18-31-25)26-13-5-7-15-28(26)36-27-14-6-4-12-24(27)30(32)35/h4,6,10-12,14,16-18,21,26,28H,2-3,5,7-9,13,15,19-20H2,1H3/t26-,28+/m1/s1. The van der Waals surface area contributed by atoms with Gasteiger partial charge in [0.1, 0.15) is 11.9 Å². The molecular weight excluding hydrogens is 450 g/mol. The van der Waals surface area contributed by atoms with Crippen LogP contribution in [-0.4, -0.2) is 58.9 Å². The molecule has 3 aromatic rings. The molecule has 5 rings (SSSR count). The summed E-state index contributed by atoms with van der Waals surface area (Å²) in [6, 6.07) is 17.2. The highest BCUT2D eigenvalue weighted by Gasteiger charge is 2.35. The number of ether oxygens (including phenoxy) is 1. The van der Waals surface area contributed by atoms with Crippen LogP contribution in [0, 0.1) is 0 Å². The number of hydrogen-bond acceptors (Lipinski definition) is 4. The second-order valence-corrected chi connectivity index (χ2v) is 10.1. The Morgan fingerprint density at radius 1 is 0.917 bits per heavy atom. The van der Waals surface area contributed by atoms with Crippen LogP contribution in [0.25, 0.3) is 10.9 Å². The molecule has 2 aliphatic rings. The molecule has 0 unspecified atom stereocenters. The van der Waals surface area contributed by atoms with Gasteiger partial charge < -0.3 is 14.5 Å².